The minimum Gasteiger partial charge on any atom is -0.0870 e. The van der Waals surface area contributed by atoms with Crippen molar-refractivity contribution in [1.82, 2.24) is 0 Å². The van der Waals surface area contributed by atoms with E-state index in [4.69, 9.17) is 34.8 Å². The average molecular weight is 222 g/mol. The lowest BCUT2D eigenvalue weighted by atomic mass is 10.2. The molecule has 12 heavy (non-hydrogen) atoms. The number of rotatable bonds is 1. The van der Waals surface area contributed by atoms with E-state index in [0.717, 1.165) is 5.56 Å². The standard InChI is InChI=1S/C9H7Cl3/c1-2-3-6-4-7(10)5-8(11)9(6)12/h2-5H,1H3. The van der Waals surface area contributed by atoms with Crippen LogP contribution in [0.15, 0.2) is 18.2 Å². The number of hydrogen-bond donors (Lipinski definition) is 0. The molecule has 0 atom stereocenters. The van der Waals surface area contributed by atoms with Crippen LogP contribution in [0.1, 0.15) is 12.5 Å². The van der Waals surface area contributed by atoms with E-state index >= 15 is 0 Å². The van der Waals surface area contributed by atoms with Gasteiger partial charge in [-0.2, -0.15) is 0 Å². The Bertz CT molecular complexity index is 316. The molecule has 3 heteroatoms. The highest BCUT2D eigenvalue weighted by molar-refractivity contribution is 6.44. The van der Waals surface area contributed by atoms with Crippen LogP contribution < -0.4 is 0 Å². The molecule has 1 aromatic rings. The van der Waals surface area contributed by atoms with E-state index in [1.807, 2.05) is 19.1 Å². The highest BCUT2D eigenvalue weighted by Gasteiger charge is 2.03. The molecule has 0 spiro atoms. The normalized spacial score (nSPS) is 11.0. The van der Waals surface area contributed by atoms with E-state index in [1.165, 1.54) is 0 Å². The van der Waals surface area contributed by atoms with Crippen molar-refractivity contribution >= 4 is 40.9 Å². The Kier molecular flexibility index (Phi) is 3.45. The lowest BCUT2D eigenvalue weighted by Crippen LogP contribution is -1.77. The summed E-state index contributed by atoms with van der Waals surface area (Å²) in [4.78, 5) is 0. The lowest BCUT2D eigenvalue weighted by Gasteiger charge is -2.01. The van der Waals surface area contributed by atoms with Crippen LogP contribution in [0.25, 0.3) is 6.08 Å². The Morgan fingerprint density at radius 2 is 1.83 bits per heavy atom. The van der Waals surface area contributed by atoms with Crippen molar-refractivity contribution in [3.63, 3.8) is 0 Å². The zero-order valence-corrected chi connectivity index (χ0v) is 8.71. The largest absolute Gasteiger partial charge is 0.0870 e. The average Bonchev–Trinajstić information content (AvgIpc) is 2.00. The van der Waals surface area contributed by atoms with E-state index in [1.54, 1.807) is 12.1 Å². The molecule has 0 bridgehead atoms. The van der Waals surface area contributed by atoms with Crippen LogP contribution in [0.3, 0.4) is 0 Å². The zero-order chi connectivity index (χ0) is 9.14. The fraction of sp³-hybridized carbons (Fsp3) is 0.111. The predicted molar refractivity (Wildman–Crippen MR) is 56.2 cm³/mol. The fourth-order valence-electron chi connectivity index (χ4n) is 0.877. The van der Waals surface area contributed by atoms with Gasteiger partial charge >= 0.3 is 0 Å². The van der Waals surface area contributed by atoms with Gasteiger partial charge in [0.15, 0.2) is 0 Å². The molecule has 0 nitrogen and oxygen atoms in total. The smallest absolute Gasteiger partial charge is 0.0665 e. The molecule has 0 amide bonds. The van der Waals surface area contributed by atoms with Crippen LogP contribution in [-0.2, 0) is 0 Å². The Hall–Kier alpha value is -0.170. The van der Waals surface area contributed by atoms with Gasteiger partial charge in [-0.3, -0.25) is 0 Å². The second-order valence-corrected chi connectivity index (χ2v) is 3.51. The van der Waals surface area contributed by atoms with Crippen molar-refractivity contribution in [2.75, 3.05) is 0 Å². The monoisotopic (exact) mass is 220 g/mol. The molecular weight excluding hydrogens is 214 g/mol. The quantitative estimate of drug-likeness (QED) is 0.604. The van der Waals surface area contributed by atoms with Gasteiger partial charge < -0.3 is 0 Å². The summed E-state index contributed by atoms with van der Waals surface area (Å²) in [6.07, 6.45) is 3.74. The summed E-state index contributed by atoms with van der Waals surface area (Å²) >= 11 is 17.5. The number of allylic oxidation sites excluding steroid dienone is 1. The van der Waals surface area contributed by atoms with Crippen LogP contribution >= 0.6 is 34.8 Å². The van der Waals surface area contributed by atoms with E-state index < -0.39 is 0 Å². The van der Waals surface area contributed by atoms with E-state index in [0.29, 0.717) is 15.1 Å². The summed E-state index contributed by atoms with van der Waals surface area (Å²) < 4.78 is 0. The summed E-state index contributed by atoms with van der Waals surface area (Å²) in [5.41, 5.74) is 0.844. The molecular formula is C9H7Cl3. The first-order chi connectivity index (χ1) is 5.65. The number of halogens is 3. The van der Waals surface area contributed by atoms with Gasteiger partial charge in [0.25, 0.3) is 0 Å². The molecule has 1 aromatic carbocycles. The van der Waals surface area contributed by atoms with Crippen molar-refractivity contribution in [3.8, 4) is 0 Å². The molecule has 0 heterocycles. The van der Waals surface area contributed by atoms with Gasteiger partial charge in [0.2, 0.25) is 0 Å². The molecule has 64 valence electrons. The highest BCUT2D eigenvalue weighted by Crippen LogP contribution is 2.30. The van der Waals surface area contributed by atoms with Crippen molar-refractivity contribution in [2.24, 2.45) is 0 Å². The van der Waals surface area contributed by atoms with Crippen molar-refractivity contribution in [3.05, 3.63) is 38.8 Å². The number of hydrogen-bond acceptors (Lipinski definition) is 0. The summed E-state index contributed by atoms with van der Waals surface area (Å²) in [5.74, 6) is 0. The van der Waals surface area contributed by atoms with Crippen LogP contribution in [0.5, 0.6) is 0 Å². The molecule has 0 radical (unpaired) electrons. The van der Waals surface area contributed by atoms with Gasteiger partial charge in [-0.05, 0) is 24.6 Å². The van der Waals surface area contributed by atoms with E-state index in [9.17, 15) is 0 Å². The van der Waals surface area contributed by atoms with Gasteiger partial charge in [0, 0.05) is 5.02 Å². The van der Waals surface area contributed by atoms with E-state index in [2.05, 4.69) is 0 Å². The Labute approximate surface area is 86.7 Å². The molecule has 0 saturated carbocycles. The Morgan fingerprint density at radius 1 is 1.17 bits per heavy atom. The molecule has 0 saturated heterocycles. The second kappa shape index (κ2) is 4.18. The van der Waals surface area contributed by atoms with Gasteiger partial charge in [-0.1, -0.05) is 47.0 Å². The summed E-state index contributed by atoms with van der Waals surface area (Å²) in [5, 5.41) is 1.62. The molecule has 0 fully saturated rings. The molecule has 0 aliphatic heterocycles. The number of benzene rings is 1. The maximum absolute atomic E-state index is 5.90. The first-order valence-electron chi connectivity index (χ1n) is 3.42. The topological polar surface area (TPSA) is 0 Å². The Morgan fingerprint density at radius 3 is 2.42 bits per heavy atom. The Balaban J connectivity index is 3.27. The lowest BCUT2D eigenvalue weighted by molar-refractivity contribution is 1.64. The molecule has 0 aromatic heterocycles. The van der Waals surface area contributed by atoms with Crippen LogP contribution in [0.2, 0.25) is 15.1 Å². The summed E-state index contributed by atoms with van der Waals surface area (Å²) in [6.45, 7) is 1.91. The summed E-state index contributed by atoms with van der Waals surface area (Å²) in [6, 6.07) is 3.40. The molecule has 1 rings (SSSR count). The first-order valence-corrected chi connectivity index (χ1v) is 4.55. The fourth-order valence-corrected chi connectivity index (χ4v) is 1.56. The third kappa shape index (κ3) is 2.16. The SMILES string of the molecule is CC=Cc1cc(Cl)cc(Cl)c1Cl. The van der Waals surface area contributed by atoms with Crippen LogP contribution in [0, 0.1) is 0 Å². The molecule has 0 aliphatic rings. The minimum atomic E-state index is 0.484. The molecule has 0 aliphatic carbocycles. The summed E-state index contributed by atoms with van der Waals surface area (Å²) in [7, 11) is 0. The zero-order valence-electron chi connectivity index (χ0n) is 6.44. The van der Waals surface area contributed by atoms with Crippen molar-refractivity contribution < 1.29 is 0 Å². The molecule has 0 unspecified atom stereocenters. The maximum atomic E-state index is 5.90. The van der Waals surface area contributed by atoms with Crippen molar-refractivity contribution in [2.45, 2.75) is 6.92 Å². The van der Waals surface area contributed by atoms with Crippen LogP contribution in [0.4, 0.5) is 0 Å². The maximum Gasteiger partial charge on any atom is 0.0665 e. The highest BCUT2D eigenvalue weighted by atomic mass is 35.5. The second-order valence-electron chi connectivity index (χ2n) is 2.29. The van der Waals surface area contributed by atoms with Crippen LogP contribution in [-0.4, -0.2) is 0 Å². The third-order valence-electron chi connectivity index (χ3n) is 1.37. The minimum absolute atomic E-state index is 0.484. The van der Waals surface area contributed by atoms with Gasteiger partial charge in [0.05, 0.1) is 10.0 Å². The van der Waals surface area contributed by atoms with E-state index in [-0.39, 0.29) is 0 Å². The predicted octanol–water partition coefficient (Wildman–Crippen LogP) is 4.68. The van der Waals surface area contributed by atoms with Gasteiger partial charge in [-0.25, -0.2) is 0 Å². The first kappa shape index (κ1) is 9.91. The van der Waals surface area contributed by atoms with Gasteiger partial charge in [0.1, 0.15) is 0 Å². The van der Waals surface area contributed by atoms with Crippen molar-refractivity contribution in [1.29, 1.82) is 0 Å². The molecule has 0 N–H and O–H groups in total. The third-order valence-corrected chi connectivity index (χ3v) is 2.40. The van der Waals surface area contributed by atoms with Gasteiger partial charge in [-0.15, -0.1) is 0 Å².